The molecule has 0 amide bonds. The Balaban J connectivity index is 2.91. The quantitative estimate of drug-likeness (QED) is 0.803. The first-order valence-electron chi connectivity index (χ1n) is 4.65. The average molecular weight is 215 g/mol. The maximum atomic E-state index is 11.4. The van der Waals surface area contributed by atoms with Gasteiger partial charge in [0.15, 0.2) is 0 Å². The number of carboxylic acid groups (broad SMARTS) is 1. The molecule has 2 N–H and O–H groups in total. The van der Waals surface area contributed by atoms with Crippen LogP contribution in [0.3, 0.4) is 0 Å². The smallest absolute Gasteiger partial charge is 0.341 e. The van der Waals surface area contributed by atoms with E-state index >= 15 is 0 Å². The standard InChI is InChI=1S/C12H9NO3/c1-2-7-4-3-5-10-8(7)6-9(12(15)16)11(14)13-10/h2-6H,1H2,(H,13,14)(H,15,16). The highest BCUT2D eigenvalue weighted by Gasteiger charge is 2.10. The largest absolute Gasteiger partial charge is 0.477 e. The van der Waals surface area contributed by atoms with Crippen molar-refractivity contribution in [3.63, 3.8) is 0 Å². The van der Waals surface area contributed by atoms with Crippen molar-refractivity contribution in [2.75, 3.05) is 0 Å². The van der Waals surface area contributed by atoms with Crippen LogP contribution in [0.4, 0.5) is 0 Å². The molecule has 16 heavy (non-hydrogen) atoms. The van der Waals surface area contributed by atoms with Gasteiger partial charge in [0.1, 0.15) is 5.56 Å². The van der Waals surface area contributed by atoms with Crippen LogP contribution in [0, 0.1) is 0 Å². The van der Waals surface area contributed by atoms with Crippen LogP contribution in [-0.4, -0.2) is 16.1 Å². The zero-order chi connectivity index (χ0) is 11.7. The lowest BCUT2D eigenvalue weighted by Crippen LogP contribution is -2.17. The van der Waals surface area contributed by atoms with Crippen LogP contribution in [0.1, 0.15) is 15.9 Å². The Morgan fingerprint density at radius 1 is 1.44 bits per heavy atom. The molecule has 1 heterocycles. The van der Waals surface area contributed by atoms with Crippen molar-refractivity contribution in [2.24, 2.45) is 0 Å². The van der Waals surface area contributed by atoms with Crippen molar-refractivity contribution >= 4 is 22.9 Å². The van der Waals surface area contributed by atoms with Gasteiger partial charge in [-0.05, 0) is 17.7 Å². The van der Waals surface area contributed by atoms with Gasteiger partial charge in [-0.3, -0.25) is 4.79 Å². The fourth-order valence-corrected chi connectivity index (χ4v) is 1.59. The summed E-state index contributed by atoms with van der Waals surface area (Å²) >= 11 is 0. The van der Waals surface area contributed by atoms with E-state index in [0.717, 1.165) is 5.56 Å². The number of carbonyl (C=O) groups is 1. The van der Waals surface area contributed by atoms with Crippen LogP contribution in [0.2, 0.25) is 0 Å². The molecule has 4 heteroatoms. The summed E-state index contributed by atoms with van der Waals surface area (Å²) < 4.78 is 0. The van der Waals surface area contributed by atoms with E-state index < -0.39 is 11.5 Å². The lowest BCUT2D eigenvalue weighted by molar-refractivity contribution is 0.0695. The maximum absolute atomic E-state index is 11.4. The third-order valence-electron chi connectivity index (χ3n) is 2.37. The zero-order valence-corrected chi connectivity index (χ0v) is 8.36. The van der Waals surface area contributed by atoms with E-state index in [1.54, 1.807) is 24.3 Å². The van der Waals surface area contributed by atoms with Crippen LogP contribution < -0.4 is 5.56 Å². The highest BCUT2D eigenvalue weighted by atomic mass is 16.4. The number of benzene rings is 1. The molecule has 1 aromatic carbocycles. The second-order valence-corrected chi connectivity index (χ2v) is 3.33. The number of hydrogen-bond donors (Lipinski definition) is 2. The van der Waals surface area contributed by atoms with Crippen LogP contribution in [0.15, 0.2) is 35.6 Å². The predicted molar refractivity (Wildman–Crippen MR) is 61.6 cm³/mol. The summed E-state index contributed by atoms with van der Waals surface area (Å²) in [5, 5.41) is 9.52. The Morgan fingerprint density at radius 3 is 2.81 bits per heavy atom. The normalized spacial score (nSPS) is 10.2. The Hall–Kier alpha value is -2.36. The molecular formula is C12H9NO3. The zero-order valence-electron chi connectivity index (χ0n) is 8.36. The summed E-state index contributed by atoms with van der Waals surface area (Å²) in [5.74, 6) is -1.23. The van der Waals surface area contributed by atoms with Crippen molar-refractivity contribution in [2.45, 2.75) is 0 Å². The van der Waals surface area contributed by atoms with Gasteiger partial charge in [-0.1, -0.05) is 24.8 Å². The molecule has 0 radical (unpaired) electrons. The van der Waals surface area contributed by atoms with Crippen LogP contribution in [0.25, 0.3) is 17.0 Å². The minimum absolute atomic E-state index is 0.262. The number of carboxylic acids is 1. The number of aromatic amines is 1. The Morgan fingerprint density at radius 2 is 2.19 bits per heavy atom. The van der Waals surface area contributed by atoms with Gasteiger partial charge in [0.2, 0.25) is 0 Å². The molecule has 4 nitrogen and oxygen atoms in total. The number of aromatic nitrogens is 1. The topological polar surface area (TPSA) is 70.2 Å². The number of nitrogens with one attached hydrogen (secondary N) is 1. The van der Waals surface area contributed by atoms with E-state index in [-0.39, 0.29) is 5.56 Å². The van der Waals surface area contributed by atoms with Crippen molar-refractivity contribution in [3.05, 3.63) is 52.3 Å². The second kappa shape index (κ2) is 3.66. The van der Waals surface area contributed by atoms with Crippen molar-refractivity contribution < 1.29 is 9.90 Å². The third kappa shape index (κ3) is 1.50. The molecule has 0 saturated heterocycles. The molecule has 0 unspecified atom stereocenters. The lowest BCUT2D eigenvalue weighted by atomic mass is 10.1. The van der Waals surface area contributed by atoms with Crippen LogP contribution >= 0.6 is 0 Å². The molecule has 1 aromatic heterocycles. The van der Waals surface area contributed by atoms with E-state index in [0.29, 0.717) is 10.9 Å². The monoisotopic (exact) mass is 215 g/mol. The van der Waals surface area contributed by atoms with Gasteiger partial charge in [-0.2, -0.15) is 0 Å². The molecule has 2 aromatic rings. The van der Waals surface area contributed by atoms with Crippen LogP contribution in [-0.2, 0) is 0 Å². The lowest BCUT2D eigenvalue weighted by Gasteiger charge is -2.02. The molecule has 0 saturated carbocycles. The van der Waals surface area contributed by atoms with E-state index in [2.05, 4.69) is 11.6 Å². The Labute approximate surface area is 90.9 Å². The van der Waals surface area contributed by atoms with Crippen molar-refractivity contribution in [1.29, 1.82) is 0 Å². The fraction of sp³-hybridized carbons (Fsp3) is 0. The molecular weight excluding hydrogens is 206 g/mol. The van der Waals surface area contributed by atoms with Gasteiger partial charge in [-0.15, -0.1) is 0 Å². The molecule has 0 spiro atoms. The predicted octanol–water partition coefficient (Wildman–Crippen LogP) is 1.87. The number of H-pyrrole nitrogens is 1. The summed E-state index contributed by atoms with van der Waals surface area (Å²) in [4.78, 5) is 24.8. The van der Waals surface area contributed by atoms with Crippen molar-refractivity contribution in [3.8, 4) is 0 Å². The first-order chi connectivity index (χ1) is 7.63. The highest BCUT2D eigenvalue weighted by Crippen LogP contribution is 2.17. The van der Waals surface area contributed by atoms with Gasteiger partial charge >= 0.3 is 5.97 Å². The molecule has 0 aliphatic rings. The molecule has 80 valence electrons. The average Bonchev–Trinajstić information content (AvgIpc) is 2.26. The van der Waals surface area contributed by atoms with Gasteiger partial charge < -0.3 is 10.1 Å². The van der Waals surface area contributed by atoms with Gasteiger partial charge in [-0.25, -0.2) is 4.79 Å². The van der Waals surface area contributed by atoms with Gasteiger partial charge in [0, 0.05) is 10.9 Å². The van der Waals surface area contributed by atoms with E-state index in [4.69, 9.17) is 5.11 Å². The van der Waals surface area contributed by atoms with Gasteiger partial charge in [0.25, 0.3) is 5.56 Å². The van der Waals surface area contributed by atoms with Gasteiger partial charge in [0.05, 0.1) is 0 Å². The number of aromatic carboxylic acids is 1. The van der Waals surface area contributed by atoms with Crippen LogP contribution in [0.5, 0.6) is 0 Å². The first kappa shape index (κ1) is 10.2. The first-order valence-corrected chi connectivity index (χ1v) is 4.65. The molecule has 0 atom stereocenters. The van der Waals surface area contributed by atoms with E-state index in [9.17, 15) is 9.59 Å². The number of rotatable bonds is 2. The SMILES string of the molecule is C=Cc1cccc2[nH]c(=O)c(C(=O)O)cc12. The number of hydrogen-bond acceptors (Lipinski definition) is 2. The molecule has 0 fully saturated rings. The van der Waals surface area contributed by atoms with Crippen molar-refractivity contribution in [1.82, 2.24) is 4.98 Å². The summed E-state index contributed by atoms with van der Waals surface area (Å²) in [6.45, 7) is 3.64. The second-order valence-electron chi connectivity index (χ2n) is 3.33. The van der Waals surface area contributed by atoms with E-state index in [1.165, 1.54) is 6.07 Å². The summed E-state index contributed by atoms with van der Waals surface area (Å²) in [7, 11) is 0. The third-order valence-corrected chi connectivity index (χ3v) is 2.37. The molecule has 2 rings (SSSR count). The Kier molecular flexibility index (Phi) is 2.32. The number of fused-ring (bicyclic) bond motifs is 1. The summed E-state index contributed by atoms with van der Waals surface area (Å²) in [6, 6.07) is 6.66. The minimum Gasteiger partial charge on any atom is -0.477 e. The fourth-order valence-electron chi connectivity index (χ4n) is 1.59. The Bertz CT molecular complexity index is 640. The van der Waals surface area contributed by atoms with E-state index in [1.807, 2.05) is 0 Å². The summed E-state index contributed by atoms with van der Waals surface area (Å²) in [6.07, 6.45) is 1.62. The molecule has 0 bridgehead atoms. The number of pyridine rings is 1. The molecule has 0 aliphatic heterocycles. The molecule has 0 aliphatic carbocycles. The minimum atomic E-state index is -1.23. The maximum Gasteiger partial charge on any atom is 0.341 e. The summed E-state index contributed by atoms with van der Waals surface area (Å²) in [5.41, 5.74) is 0.534. The highest BCUT2D eigenvalue weighted by molar-refractivity contribution is 5.95.